The summed E-state index contributed by atoms with van der Waals surface area (Å²) < 4.78 is 5.01. The van der Waals surface area contributed by atoms with E-state index in [9.17, 15) is 4.79 Å². The van der Waals surface area contributed by atoms with Gasteiger partial charge in [-0.05, 0) is 19.1 Å². The SMILES string of the molecule is CCOC(=O)c1cccc2c1SCCN2. The highest BCUT2D eigenvalue weighted by atomic mass is 32.2. The molecule has 0 radical (unpaired) electrons. The predicted molar refractivity (Wildman–Crippen MR) is 61.6 cm³/mol. The molecule has 0 aromatic heterocycles. The molecule has 0 atom stereocenters. The molecule has 1 aromatic carbocycles. The van der Waals surface area contributed by atoms with Gasteiger partial charge in [-0.15, -0.1) is 11.8 Å². The summed E-state index contributed by atoms with van der Waals surface area (Å²) >= 11 is 1.71. The molecule has 1 aliphatic rings. The summed E-state index contributed by atoms with van der Waals surface area (Å²) in [6.45, 7) is 3.18. The van der Waals surface area contributed by atoms with E-state index in [2.05, 4.69) is 5.32 Å². The Morgan fingerprint density at radius 1 is 1.60 bits per heavy atom. The molecule has 0 saturated carbocycles. The normalized spacial score (nSPS) is 13.9. The molecule has 0 unspecified atom stereocenters. The van der Waals surface area contributed by atoms with Gasteiger partial charge in [-0.1, -0.05) is 6.07 Å². The summed E-state index contributed by atoms with van der Waals surface area (Å²) in [5.74, 6) is 0.759. The van der Waals surface area contributed by atoms with Crippen LogP contribution in [0, 0.1) is 0 Å². The van der Waals surface area contributed by atoms with Crippen LogP contribution in [-0.2, 0) is 4.74 Å². The van der Waals surface area contributed by atoms with E-state index in [4.69, 9.17) is 4.74 Å². The molecule has 4 heteroatoms. The summed E-state index contributed by atoms with van der Waals surface area (Å²) in [5, 5.41) is 3.27. The highest BCUT2D eigenvalue weighted by Gasteiger charge is 2.18. The van der Waals surface area contributed by atoms with Crippen molar-refractivity contribution in [3.63, 3.8) is 0 Å². The number of hydrogen-bond acceptors (Lipinski definition) is 4. The van der Waals surface area contributed by atoms with Crippen molar-refractivity contribution in [2.24, 2.45) is 0 Å². The Labute approximate surface area is 93.2 Å². The number of esters is 1. The third-order valence-electron chi connectivity index (χ3n) is 2.17. The van der Waals surface area contributed by atoms with Gasteiger partial charge in [0.05, 0.1) is 12.2 Å². The maximum absolute atomic E-state index is 11.7. The summed E-state index contributed by atoms with van der Waals surface area (Å²) in [4.78, 5) is 12.7. The van der Waals surface area contributed by atoms with Crippen LogP contribution in [-0.4, -0.2) is 24.9 Å². The van der Waals surface area contributed by atoms with Crippen molar-refractivity contribution in [3.05, 3.63) is 23.8 Å². The molecule has 0 spiro atoms. The Kier molecular flexibility index (Phi) is 3.16. The van der Waals surface area contributed by atoms with Crippen LogP contribution in [0.3, 0.4) is 0 Å². The summed E-state index contributed by atoms with van der Waals surface area (Å²) in [7, 11) is 0. The molecule has 1 heterocycles. The fourth-order valence-electron chi connectivity index (χ4n) is 1.54. The van der Waals surface area contributed by atoms with Gasteiger partial charge in [0.25, 0.3) is 0 Å². The van der Waals surface area contributed by atoms with E-state index in [0.29, 0.717) is 12.2 Å². The number of carbonyl (C=O) groups excluding carboxylic acids is 1. The molecule has 1 N–H and O–H groups in total. The fourth-order valence-corrected chi connectivity index (χ4v) is 2.55. The van der Waals surface area contributed by atoms with Crippen LogP contribution in [0.25, 0.3) is 0 Å². The van der Waals surface area contributed by atoms with E-state index < -0.39 is 0 Å². The van der Waals surface area contributed by atoms with Crippen molar-refractivity contribution in [2.75, 3.05) is 24.2 Å². The number of hydrogen-bond donors (Lipinski definition) is 1. The van der Waals surface area contributed by atoms with Gasteiger partial charge in [0.1, 0.15) is 0 Å². The smallest absolute Gasteiger partial charge is 0.339 e. The average molecular weight is 223 g/mol. The minimum Gasteiger partial charge on any atom is -0.462 e. The Morgan fingerprint density at radius 3 is 3.27 bits per heavy atom. The zero-order valence-electron chi connectivity index (χ0n) is 8.58. The number of fused-ring (bicyclic) bond motifs is 1. The molecule has 1 aliphatic heterocycles. The molecular formula is C11H13NO2S. The molecule has 2 rings (SSSR count). The molecule has 1 aromatic rings. The molecule has 15 heavy (non-hydrogen) atoms. The average Bonchev–Trinajstić information content (AvgIpc) is 2.28. The highest BCUT2D eigenvalue weighted by molar-refractivity contribution is 7.99. The lowest BCUT2D eigenvalue weighted by molar-refractivity contribution is 0.0522. The van der Waals surface area contributed by atoms with Gasteiger partial charge in [0.15, 0.2) is 0 Å². The Balaban J connectivity index is 2.34. The second kappa shape index (κ2) is 4.57. The van der Waals surface area contributed by atoms with Gasteiger partial charge in [-0.3, -0.25) is 0 Å². The second-order valence-corrected chi connectivity index (χ2v) is 4.28. The van der Waals surface area contributed by atoms with Crippen LogP contribution < -0.4 is 5.32 Å². The third kappa shape index (κ3) is 2.09. The lowest BCUT2D eigenvalue weighted by Gasteiger charge is -2.19. The van der Waals surface area contributed by atoms with Crippen molar-refractivity contribution in [2.45, 2.75) is 11.8 Å². The number of benzene rings is 1. The van der Waals surface area contributed by atoms with E-state index in [1.807, 2.05) is 25.1 Å². The first-order chi connectivity index (χ1) is 7.33. The van der Waals surface area contributed by atoms with E-state index in [-0.39, 0.29) is 5.97 Å². The van der Waals surface area contributed by atoms with Crippen LogP contribution in [0.15, 0.2) is 23.1 Å². The standard InChI is InChI=1S/C11H13NO2S/c1-2-14-11(13)8-4-3-5-9-10(8)15-7-6-12-9/h3-5,12H,2,6-7H2,1H3. The highest BCUT2D eigenvalue weighted by Crippen LogP contribution is 2.34. The van der Waals surface area contributed by atoms with Gasteiger partial charge in [0.2, 0.25) is 0 Å². The zero-order chi connectivity index (χ0) is 10.7. The predicted octanol–water partition coefficient (Wildman–Crippen LogP) is 2.38. The van der Waals surface area contributed by atoms with Gasteiger partial charge in [-0.2, -0.15) is 0 Å². The Bertz CT molecular complexity index is 379. The Morgan fingerprint density at radius 2 is 2.47 bits per heavy atom. The molecule has 0 bridgehead atoms. The quantitative estimate of drug-likeness (QED) is 0.781. The molecule has 0 saturated heterocycles. The topological polar surface area (TPSA) is 38.3 Å². The van der Waals surface area contributed by atoms with Crippen LogP contribution in [0.2, 0.25) is 0 Å². The number of anilines is 1. The number of thioether (sulfide) groups is 1. The maximum Gasteiger partial charge on any atom is 0.339 e. The van der Waals surface area contributed by atoms with E-state index in [1.165, 1.54) is 0 Å². The summed E-state index contributed by atoms with van der Waals surface area (Å²) in [6.07, 6.45) is 0. The monoisotopic (exact) mass is 223 g/mol. The van der Waals surface area contributed by atoms with Crippen LogP contribution in [0.1, 0.15) is 17.3 Å². The first-order valence-corrected chi connectivity index (χ1v) is 5.98. The summed E-state index contributed by atoms with van der Waals surface area (Å²) in [6, 6.07) is 5.69. The van der Waals surface area contributed by atoms with Gasteiger partial charge < -0.3 is 10.1 Å². The molecule has 3 nitrogen and oxygen atoms in total. The first kappa shape index (κ1) is 10.4. The molecule has 80 valence electrons. The fraction of sp³-hybridized carbons (Fsp3) is 0.364. The summed E-state index contributed by atoms with van der Waals surface area (Å²) in [5.41, 5.74) is 1.71. The van der Waals surface area contributed by atoms with E-state index in [0.717, 1.165) is 22.9 Å². The first-order valence-electron chi connectivity index (χ1n) is 4.99. The van der Waals surface area contributed by atoms with Crippen molar-refractivity contribution < 1.29 is 9.53 Å². The number of rotatable bonds is 2. The van der Waals surface area contributed by atoms with Crippen molar-refractivity contribution in [1.29, 1.82) is 0 Å². The second-order valence-electron chi connectivity index (χ2n) is 3.18. The lowest BCUT2D eigenvalue weighted by atomic mass is 10.2. The number of carbonyl (C=O) groups is 1. The minimum absolute atomic E-state index is 0.231. The van der Waals surface area contributed by atoms with Crippen molar-refractivity contribution in [3.8, 4) is 0 Å². The van der Waals surface area contributed by atoms with Gasteiger partial charge in [0, 0.05) is 22.9 Å². The largest absolute Gasteiger partial charge is 0.462 e. The van der Waals surface area contributed by atoms with E-state index >= 15 is 0 Å². The van der Waals surface area contributed by atoms with Crippen LogP contribution in [0.5, 0.6) is 0 Å². The number of nitrogens with one attached hydrogen (secondary N) is 1. The van der Waals surface area contributed by atoms with Crippen LogP contribution in [0.4, 0.5) is 5.69 Å². The molecule has 0 aliphatic carbocycles. The third-order valence-corrected chi connectivity index (χ3v) is 3.31. The molecular weight excluding hydrogens is 210 g/mol. The zero-order valence-corrected chi connectivity index (χ0v) is 9.39. The minimum atomic E-state index is -0.231. The van der Waals surface area contributed by atoms with E-state index in [1.54, 1.807) is 11.8 Å². The van der Waals surface area contributed by atoms with Gasteiger partial charge in [-0.25, -0.2) is 4.79 Å². The maximum atomic E-state index is 11.7. The van der Waals surface area contributed by atoms with Gasteiger partial charge >= 0.3 is 5.97 Å². The lowest BCUT2D eigenvalue weighted by Crippen LogP contribution is -2.14. The van der Waals surface area contributed by atoms with Crippen molar-refractivity contribution in [1.82, 2.24) is 0 Å². The van der Waals surface area contributed by atoms with Crippen molar-refractivity contribution >= 4 is 23.4 Å². The number of ether oxygens (including phenoxy) is 1. The Hall–Kier alpha value is -1.16. The molecule has 0 fully saturated rings. The van der Waals surface area contributed by atoms with Crippen LogP contribution >= 0.6 is 11.8 Å². The molecule has 0 amide bonds.